The molecule has 2 heterocycles. The van der Waals surface area contributed by atoms with Crippen LogP contribution in [0.5, 0.6) is 0 Å². The van der Waals surface area contributed by atoms with Gasteiger partial charge in [-0.2, -0.15) is 0 Å². The Kier molecular flexibility index (Phi) is 3.25. The van der Waals surface area contributed by atoms with E-state index in [1.54, 1.807) is 4.40 Å². The average Bonchev–Trinajstić information content (AvgIpc) is 3.00. The van der Waals surface area contributed by atoms with Gasteiger partial charge >= 0.3 is 0 Å². The first-order chi connectivity index (χ1) is 11.0. The summed E-state index contributed by atoms with van der Waals surface area (Å²) in [6, 6.07) is 11.5. The van der Waals surface area contributed by atoms with Crippen molar-refractivity contribution in [2.24, 2.45) is 0 Å². The molecule has 114 valence electrons. The molecule has 2 aromatic carbocycles. The van der Waals surface area contributed by atoms with Crippen LogP contribution in [-0.2, 0) is 0 Å². The van der Waals surface area contributed by atoms with Crippen molar-refractivity contribution in [3.05, 3.63) is 73.0 Å². The second-order valence-corrected chi connectivity index (χ2v) is 7.07. The number of benzene rings is 2. The molecule has 3 nitrogen and oxygen atoms in total. The molecule has 0 radical (unpaired) electrons. The first-order valence-corrected chi connectivity index (χ1v) is 8.42. The van der Waals surface area contributed by atoms with E-state index in [0.29, 0.717) is 9.55 Å². The predicted molar refractivity (Wildman–Crippen MR) is 96.6 cm³/mol. The van der Waals surface area contributed by atoms with Crippen LogP contribution in [0, 0.1) is 13.8 Å². The number of nitrogens with zero attached hydrogens (tertiary/aromatic N) is 2. The molecule has 2 aromatic heterocycles. The number of fused-ring (bicyclic) bond motifs is 3. The van der Waals surface area contributed by atoms with Crippen LogP contribution in [0.4, 0.5) is 0 Å². The highest BCUT2D eigenvalue weighted by Gasteiger charge is 2.12. The Bertz CT molecular complexity index is 1160. The van der Waals surface area contributed by atoms with Gasteiger partial charge in [0.1, 0.15) is 0 Å². The van der Waals surface area contributed by atoms with E-state index in [-0.39, 0.29) is 5.56 Å². The van der Waals surface area contributed by atoms with E-state index in [4.69, 9.17) is 11.6 Å². The Morgan fingerprint density at radius 1 is 1.13 bits per heavy atom. The second-order valence-electron chi connectivity index (χ2n) is 5.62. The summed E-state index contributed by atoms with van der Waals surface area (Å²) in [4.78, 5) is 18.1. The molecule has 0 atom stereocenters. The predicted octanol–water partition coefficient (Wildman–Crippen LogP) is 3.73. The van der Waals surface area contributed by atoms with Crippen molar-refractivity contribution in [1.82, 2.24) is 9.38 Å². The summed E-state index contributed by atoms with van der Waals surface area (Å²) in [5, 5.41) is 0.683. The lowest BCUT2D eigenvalue weighted by Gasteiger charge is -1.98. The van der Waals surface area contributed by atoms with Crippen LogP contribution < -0.4 is 10.1 Å². The first kappa shape index (κ1) is 14.4. The van der Waals surface area contributed by atoms with Crippen molar-refractivity contribution >= 4 is 45.0 Å². The van der Waals surface area contributed by atoms with Gasteiger partial charge in [-0.05, 0) is 60.9 Å². The summed E-state index contributed by atoms with van der Waals surface area (Å²) in [5.41, 5.74) is 5.02. The smallest absolute Gasteiger partial charge is 0.267 e. The van der Waals surface area contributed by atoms with E-state index >= 15 is 0 Å². The Labute approximate surface area is 141 Å². The molecule has 4 rings (SSSR count). The molecule has 4 aromatic rings. The van der Waals surface area contributed by atoms with Gasteiger partial charge in [0.2, 0.25) is 0 Å². The number of rotatable bonds is 1. The van der Waals surface area contributed by atoms with Crippen molar-refractivity contribution in [2.75, 3.05) is 0 Å². The third kappa shape index (κ3) is 2.35. The summed E-state index contributed by atoms with van der Waals surface area (Å²) >= 11 is 7.31. The quantitative estimate of drug-likeness (QED) is 0.529. The van der Waals surface area contributed by atoms with Gasteiger partial charge in [0.05, 0.1) is 15.6 Å². The Morgan fingerprint density at radius 3 is 2.57 bits per heavy atom. The van der Waals surface area contributed by atoms with Crippen molar-refractivity contribution in [3.8, 4) is 0 Å². The lowest BCUT2D eigenvalue weighted by Crippen LogP contribution is -2.22. The molecule has 0 fully saturated rings. The topological polar surface area (TPSA) is 34.4 Å². The van der Waals surface area contributed by atoms with Gasteiger partial charge in [-0.25, -0.2) is 9.38 Å². The summed E-state index contributed by atoms with van der Waals surface area (Å²) < 4.78 is 2.38. The maximum atomic E-state index is 12.7. The minimum absolute atomic E-state index is 0.0225. The number of halogens is 1. The minimum Gasteiger partial charge on any atom is -0.267 e. The van der Waals surface area contributed by atoms with Gasteiger partial charge < -0.3 is 0 Å². The van der Waals surface area contributed by atoms with Crippen LogP contribution in [0.15, 0.2) is 41.2 Å². The zero-order valence-corrected chi connectivity index (χ0v) is 14.2. The first-order valence-electron chi connectivity index (χ1n) is 7.22. The molecule has 0 saturated carbocycles. The van der Waals surface area contributed by atoms with Crippen LogP contribution in [0.2, 0.25) is 5.02 Å². The number of thiazole rings is 1. The Morgan fingerprint density at radius 2 is 1.83 bits per heavy atom. The van der Waals surface area contributed by atoms with E-state index in [1.807, 2.05) is 49.4 Å². The van der Waals surface area contributed by atoms with E-state index in [0.717, 1.165) is 27.1 Å². The van der Waals surface area contributed by atoms with E-state index in [2.05, 4.69) is 11.9 Å². The number of aromatic nitrogens is 2. The molecule has 0 aliphatic carbocycles. The number of imidazole rings is 1. The van der Waals surface area contributed by atoms with E-state index in [1.165, 1.54) is 16.9 Å². The van der Waals surface area contributed by atoms with Crippen molar-refractivity contribution in [3.63, 3.8) is 0 Å². The highest BCUT2D eigenvalue weighted by molar-refractivity contribution is 7.15. The summed E-state index contributed by atoms with van der Waals surface area (Å²) in [7, 11) is 0. The summed E-state index contributed by atoms with van der Waals surface area (Å²) in [6.45, 7) is 4.10. The lowest BCUT2D eigenvalue weighted by molar-refractivity contribution is 1.18. The highest BCUT2D eigenvalue weighted by atomic mass is 35.5. The molecule has 23 heavy (non-hydrogen) atoms. The maximum absolute atomic E-state index is 12.7. The number of aryl methyl sites for hydroxylation is 2. The van der Waals surface area contributed by atoms with Crippen LogP contribution in [-0.4, -0.2) is 9.38 Å². The molecule has 0 N–H and O–H groups in total. The molecule has 0 aliphatic heterocycles. The van der Waals surface area contributed by atoms with E-state index < -0.39 is 0 Å². The minimum atomic E-state index is -0.0225. The fourth-order valence-electron chi connectivity index (χ4n) is 2.63. The van der Waals surface area contributed by atoms with E-state index in [9.17, 15) is 4.79 Å². The normalized spacial score (nSPS) is 12.6. The zero-order chi connectivity index (χ0) is 16.1. The average molecular weight is 341 g/mol. The summed E-state index contributed by atoms with van der Waals surface area (Å²) in [6.07, 6.45) is 1.88. The standard InChI is InChI=1S/C18H13ClN2OS/c1-10-7-14-15(8-11(10)2)21-17(22)16(23-18(21)20-14)9-12-3-5-13(19)6-4-12/h3-9H,1-2H3/b16-9-. The van der Waals surface area contributed by atoms with Crippen molar-refractivity contribution < 1.29 is 0 Å². The van der Waals surface area contributed by atoms with Crippen LogP contribution in [0.1, 0.15) is 16.7 Å². The van der Waals surface area contributed by atoms with Gasteiger partial charge in [0, 0.05) is 5.02 Å². The molecule has 0 bridgehead atoms. The van der Waals surface area contributed by atoms with Crippen LogP contribution >= 0.6 is 22.9 Å². The maximum Gasteiger partial charge on any atom is 0.274 e. The van der Waals surface area contributed by atoms with Gasteiger partial charge in [0.25, 0.3) is 5.56 Å². The zero-order valence-electron chi connectivity index (χ0n) is 12.6. The highest BCUT2D eigenvalue weighted by Crippen LogP contribution is 2.20. The van der Waals surface area contributed by atoms with Gasteiger partial charge in [-0.1, -0.05) is 35.1 Å². The monoisotopic (exact) mass is 340 g/mol. The molecule has 0 aliphatic rings. The van der Waals surface area contributed by atoms with Crippen molar-refractivity contribution in [2.45, 2.75) is 13.8 Å². The van der Waals surface area contributed by atoms with Gasteiger partial charge in [-0.15, -0.1) is 0 Å². The number of hydrogen-bond donors (Lipinski definition) is 0. The molecule has 5 heteroatoms. The molecule has 0 spiro atoms. The lowest BCUT2D eigenvalue weighted by atomic mass is 10.1. The van der Waals surface area contributed by atoms with Crippen molar-refractivity contribution in [1.29, 1.82) is 0 Å². The van der Waals surface area contributed by atoms with Gasteiger partial charge in [0.15, 0.2) is 4.96 Å². The fourth-order valence-corrected chi connectivity index (χ4v) is 3.74. The second kappa shape index (κ2) is 5.18. The van der Waals surface area contributed by atoms with Crippen LogP contribution in [0.3, 0.4) is 0 Å². The molecule has 0 unspecified atom stereocenters. The number of hydrogen-bond acceptors (Lipinski definition) is 3. The Hall–Kier alpha value is -2.17. The largest absolute Gasteiger partial charge is 0.274 e. The van der Waals surface area contributed by atoms with Crippen LogP contribution in [0.25, 0.3) is 22.1 Å². The summed E-state index contributed by atoms with van der Waals surface area (Å²) in [5.74, 6) is 0. The molecule has 0 amide bonds. The fraction of sp³-hybridized carbons (Fsp3) is 0.111. The molecular weight excluding hydrogens is 328 g/mol. The van der Waals surface area contributed by atoms with Gasteiger partial charge in [-0.3, -0.25) is 4.79 Å². The Balaban J connectivity index is 2.00. The molecular formula is C18H13ClN2OS. The SMILES string of the molecule is Cc1cc2nc3s/c(=C\c4ccc(Cl)cc4)c(=O)n3c2cc1C. The third-order valence-corrected chi connectivity index (χ3v) is 5.24. The third-order valence-electron chi connectivity index (χ3n) is 4.02. The molecule has 0 saturated heterocycles.